The van der Waals surface area contributed by atoms with Crippen LogP contribution in [0.1, 0.15) is 32.1 Å². The lowest BCUT2D eigenvalue weighted by Crippen LogP contribution is -2.49. The van der Waals surface area contributed by atoms with E-state index in [9.17, 15) is 35.9 Å². The van der Waals surface area contributed by atoms with Crippen molar-refractivity contribution >= 4 is 12.0 Å². The summed E-state index contributed by atoms with van der Waals surface area (Å²) in [6.07, 6.45) is -14.2. The fourth-order valence-electron chi connectivity index (χ4n) is 4.35. The Morgan fingerprint density at radius 3 is 2.03 bits per heavy atom. The second-order valence-corrected chi connectivity index (χ2v) is 8.54. The van der Waals surface area contributed by atoms with Crippen molar-refractivity contribution in [2.24, 2.45) is 11.3 Å². The van der Waals surface area contributed by atoms with E-state index in [-0.39, 0.29) is 36.4 Å². The Balaban J connectivity index is 1.48. The molecule has 0 radical (unpaired) electrons. The molecule has 0 aromatic carbocycles. The van der Waals surface area contributed by atoms with Gasteiger partial charge in [0, 0.05) is 25.0 Å². The number of hydrogen-bond acceptors (Lipinski definition) is 4. The molecule has 3 aliphatic rings. The summed E-state index contributed by atoms with van der Waals surface area (Å²) < 4.78 is 79.2. The molecule has 0 aromatic heterocycles. The first-order valence-electron chi connectivity index (χ1n) is 9.90. The summed E-state index contributed by atoms with van der Waals surface area (Å²) >= 11 is 0. The summed E-state index contributed by atoms with van der Waals surface area (Å²) in [6.45, 7) is 1.71. The molecule has 172 valence electrons. The third-order valence-corrected chi connectivity index (χ3v) is 6.40. The molecule has 12 heteroatoms. The summed E-state index contributed by atoms with van der Waals surface area (Å²) in [6, 6.07) is 0.114. The number of ether oxygens (including phenoxy) is 1. The van der Waals surface area contributed by atoms with Crippen LogP contribution >= 0.6 is 0 Å². The Morgan fingerprint density at radius 2 is 1.53 bits per heavy atom. The number of nitrogens with one attached hydrogen (secondary N) is 1. The SMILES string of the molecule is CN1CCC(NC(=O)C2CC23CCN(C(=O)OC(C(F)(F)F)C(F)(F)F)CC3)CC1. The largest absolute Gasteiger partial charge is 0.434 e. The summed E-state index contributed by atoms with van der Waals surface area (Å²) in [7, 11) is 2.01. The number of amides is 2. The highest BCUT2D eigenvalue weighted by Crippen LogP contribution is 2.59. The third kappa shape index (κ3) is 5.12. The molecule has 2 saturated heterocycles. The van der Waals surface area contributed by atoms with Gasteiger partial charge in [0.2, 0.25) is 5.91 Å². The van der Waals surface area contributed by atoms with Gasteiger partial charge in [-0.05, 0) is 57.7 Å². The van der Waals surface area contributed by atoms with Crippen molar-refractivity contribution in [3.8, 4) is 0 Å². The van der Waals surface area contributed by atoms with E-state index in [0.29, 0.717) is 19.3 Å². The van der Waals surface area contributed by atoms with Crippen molar-refractivity contribution in [2.75, 3.05) is 33.2 Å². The first-order chi connectivity index (χ1) is 13.8. The smallest absolute Gasteiger partial charge is 0.426 e. The lowest BCUT2D eigenvalue weighted by atomic mass is 9.90. The topological polar surface area (TPSA) is 61.9 Å². The zero-order valence-corrected chi connectivity index (χ0v) is 16.5. The number of carbonyl (C=O) groups is 2. The minimum atomic E-state index is -5.74. The maximum atomic E-state index is 12.6. The van der Waals surface area contributed by atoms with E-state index in [0.717, 1.165) is 30.8 Å². The number of hydrogen-bond donors (Lipinski definition) is 1. The fourth-order valence-corrected chi connectivity index (χ4v) is 4.35. The molecular weight excluding hydrogens is 420 g/mol. The molecule has 1 unspecified atom stereocenters. The van der Waals surface area contributed by atoms with Gasteiger partial charge >= 0.3 is 18.4 Å². The van der Waals surface area contributed by atoms with Crippen molar-refractivity contribution in [1.82, 2.24) is 15.1 Å². The van der Waals surface area contributed by atoms with E-state index in [1.54, 1.807) is 0 Å². The van der Waals surface area contributed by atoms with Crippen LogP contribution in [0.5, 0.6) is 0 Å². The van der Waals surface area contributed by atoms with Gasteiger partial charge in [-0.2, -0.15) is 26.3 Å². The second kappa shape index (κ2) is 8.08. The monoisotopic (exact) mass is 445 g/mol. The van der Waals surface area contributed by atoms with Crippen LogP contribution in [0.2, 0.25) is 0 Å². The maximum absolute atomic E-state index is 12.6. The molecule has 1 atom stereocenters. The van der Waals surface area contributed by atoms with Crippen LogP contribution in [0.25, 0.3) is 0 Å². The summed E-state index contributed by atoms with van der Waals surface area (Å²) in [5.41, 5.74) is -0.334. The van der Waals surface area contributed by atoms with Gasteiger partial charge in [-0.25, -0.2) is 4.79 Å². The Labute approximate surface area is 169 Å². The van der Waals surface area contributed by atoms with Gasteiger partial charge in [0.1, 0.15) is 0 Å². The fraction of sp³-hybridized carbons (Fsp3) is 0.889. The molecule has 3 rings (SSSR count). The zero-order valence-electron chi connectivity index (χ0n) is 16.5. The van der Waals surface area contributed by atoms with Gasteiger partial charge in [0.15, 0.2) is 0 Å². The quantitative estimate of drug-likeness (QED) is 0.679. The molecule has 2 heterocycles. The van der Waals surface area contributed by atoms with Gasteiger partial charge in [-0.1, -0.05) is 0 Å². The Morgan fingerprint density at radius 1 is 1.00 bits per heavy atom. The number of carbonyl (C=O) groups excluding carboxylic acids is 2. The molecule has 30 heavy (non-hydrogen) atoms. The highest BCUT2D eigenvalue weighted by Gasteiger charge is 2.61. The van der Waals surface area contributed by atoms with Gasteiger partial charge in [0.25, 0.3) is 6.10 Å². The van der Waals surface area contributed by atoms with Crippen LogP contribution in [0, 0.1) is 11.3 Å². The number of piperidine rings is 2. The van der Waals surface area contributed by atoms with Crippen molar-refractivity contribution in [2.45, 2.75) is 56.6 Å². The Bertz CT molecular complexity index is 639. The highest BCUT2D eigenvalue weighted by atomic mass is 19.4. The van der Waals surface area contributed by atoms with E-state index < -0.39 is 24.5 Å². The molecule has 0 bridgehead atoms. The molecule has 0 aromatic rings. The van der Waals surface area contributed by atoms with Crippen LogP contribution in [-0.4, -0.2) is 79.5 Å². The van der Waals surface area contributed by atoms with Crippen molar-refractivity contribution < 1.29 is 40.7 Å². The highest BCUT2D eigenvalue weighted by molar-refractivity contribution is 5.83. The molecule has 1 N–H and O–H groups in total. The lowest BCUT2D eigenvalue weighted by molar-refractivity contribution is -0.308. The maximum Gasteiger partial charge on any atom is 0.434 e. The molecule has 1 aliphatic carbocycles. The van der Waals surface area contributed by atoms with Crippen LogP contribution in [0.4, 0.5) is 31.1 Å². The number of rotatable bonds is 3. The number of alkyl halides is 6. The summed E-state index contributed by atoms with van der Waals surface area (Å²) in [4.78, 5) is 27.4. The van der Waals surface area contributed by atoms with Crippen molar-refractivity contribution in [3.63, 3.8) is 0 Å². The molecule has 2 aliphatic heterocycles. The van der Waals surface area contributed by atoms with Crippen LogP contribution in [0.15, 0.2) is 0 Å². The predicted molar refractivity (Wildman–Crippen MR) is 92.4 cm³/mol. The van der Waals surface area contributed by atoms with Crippen molar-refractivity contribution in [1.29, 1.82) is 0 Å². The van der Waals surface area contributed by atoms with Crippen LogP contribution < -0.4 is 5.32 Å². The first kappa shape index (κ1) is 23.0. The van der Waals surface area contributed by atoms with Crippen LogP contribution in [-0.2, 0) is 9.53 Å². The van der Waals surface area contributed by atoms with Gasteiger partial charge in [-0.3, -0.25) is 4.79 Å². The second-order valence-electron chi connectivity index (χ2n) is 8.54. The normalized spacial score (nSPS) is 25.5. The number of nitrogens with zero attached hydrogens (tertiary/aromatic N) is 2. The standard InChI is InChI=1S/C18H25F6N3O3/c1-26-6-2-11(3-7-26)25-13(28)12-10-16(12)4-8-27(9-5-16)15(29)30-14(17(19,20)21)18(22,23)24/h11-12,14H,2-10H2,1H3,(H,25,28). The molecule has 3 fully saturated rings. The lowest BCUT2D eigenvalue weighted by Gasteiger charge is -2.34. The number of halogens is 6. The molecule has 1 saturated carbocycles. The average molecular weight is 445 g/mol. The molecular formula is C18H25F6N3O3. The van der Waals surface area contributed by atoms with E-state index in [2.05, 4.69) is 15.0 Å². The van der Waals surface area contributed by atoms with Crippen molar-refractivity contribution in [3.05, 3.63) is 0 Å². The minimum absolute atomic E-state index is 0.0424. The molecule has 1 spiro atoms. The third-order valence-electron chi connectivity index (χ3n) is 6.40. The summed E-state index contributed by atoms with van der Waals surface area (Å²) in [5.74, 6) is -0.289. The van der Waals surface area contributed by atoms with Gasteiger partial charge < -0.3 is 19.9 Å². The van der Waals surface area contributed by atoms with E-state index in [1.165, 1.54) is 0 Å². The van der Waals surface area contributed by atoms with Gasteiger partial charge in [-0.15, -0.1) is 0 Å². The zero-order chi connectivity index (χ0) is 22.3. The van der Waals surface area contributed by atoms with E-state index >= 15 is 0 Å². The minimum Gasteiger partial charge on any atom is -0.426 e. The molecule has 2 amide bonds. The van der Waals surface area contributed by atoms with Crippen LogP contribution in [0.3, 0.4) is 0 Å². The Hall–Kier alpha value is -1.72. The van der Waals surface area contributed by atoms with E-state index in [1.807, 2.05) is 7.05 Å². The van der Waals surface area contributed by atoms with E-state index in [4.69, 9.17) is 0 Å². The molecule has 6 nitrogen and oxygen atoms in total. The summed E-state index contributed by atoms with van der Waals surface area (Å²) in [5, 5.41) is 3.05. The number of likely N-dealkylation sites (tertiary alicyclic amines) is 2. The predicted octanol–water partition coefficient (Wildman–Crippen LogP) is 2.93. The first-order valence-corrected chi connectivity index (χ1v) is 9.90. The van der Waals surface area contributed by atoms with Gasteiger partial charge in [0.05, 0.1) is 0 Å². The Kier molecular flexibility index (Phi) is 6.18. The average Bonchev–Trinajstić information content (AvgIpc) is 3.33.